The Labute approximate surface area is 129 Å². The van der Waals surface area contributed by atoms with Crippen molar-refractivity contribution in [2.45, 2.75) is 26.3 Å². The van der Waals surface area contributed by atoms with Crippen molar-refractivity contribution >= 4 is 22.9 Å². The van der Waals surface area contributed by atoms with Gasteiger partial charge in [-0.1, -0.05) is 24.6 Å². The van der Waals surface area contributed by atoms with E-state index >= 15 is 0 Å². The molecule has 1 atom stereocenters. The van der Waals surface area contributed by atoms with Gasteiger partial charge >= 0.3 is 0 Å². The zero-order valence-corrected chi connectivity index (χ0v) is 13.6. The van der Waals surface area contributed by atoms with Crippen molar-refractivity contribution in [3.63, 3.8) is 0 Å². The van der Waals surface area contributed by atoms with E-state index in [1.54, 1.807) is 18.4 Å². The molecule has 1 aromatic carbocycles. The largest absolute Gasteiger partial charge is 0.495 e. The quantitative estimate of drug-likeness (QED) is 0.827. The Morgan fingerprint density at radius 2 is 2.15 bits per heavy atom. The fourth-order valence-electron chi connectivity index (χ4n) is 2.19. The van der Waals surface area contributed by atoms with Crippen LogP contribution in [0, 0.1) is 6.92 Å². The first-order chi connectivity index (χ1) is 9.67. The van der Waals surface area contributed by atoms with Crippen LogP contribution in [0.15, 0.2) is 29.6 Å². The number of rotatable bonds is 6. The maximum absolute atomic E-state index is 6.26. The summed E-state index contributed by atoms with van der Waals surface area (Å²) in [5, 5.41) is 6.40. The summed E-state index contributed by atoms with van der Waals surface area (Å²) in [5.41, 5.74) is 2.49. The van der Waals surface area contributed by atoms with E-state index in [9.17, 15) is 0 Å². The van der Waals surface area contributed by atoms with Gasteiger partial charge in [-0.2, -0.15) is 0 Å². The second-order valence-electron chi connectivity index (χ2n) is 4.75. The van der Waals surface area contributed by atoms with Gasteiger partial charge in [0.25, 0.3) is 0 Å². The van der Waals surface area contributed by atoms with Gasteiger partial charge in [0.05, 0.1) is 18.2 Å². The van der Waals surface area contributed by atoms with E-state index in [2.05, 4.69) is 36.7 Å². The SMILES string of the molecule is CCCNC(c1ccc(OC)c(Cl)c1)c1sccc1C. The Morgan fingerprint density at radius 3 is 2.70 bits per heavy atom. The number of hydrogen-bond acceptors (Lipinski definition) is 3. The number of halogens is 1. The molecule has 1 N–H and O–H groups in total. The summed E-state index contributed by atoms with van der Waals surface area (Å²) in [6.45, 7) is 5.30. The van der Waals surface area contributed by atoms with Gasteiger partial charge in [-0.3, -0.25) is 0 Å². The van der Waals surface area contributed by atoms with Gasteiger partial charge in [0.2, 0.25) is 0 Å². The molecule has 0 aliphatic rings. The number of benzene rings is 1. The molecule has 108 valence electrons. The molecule has 0 spiro atoms. The molecular weight excluding hydrogens is 290 g/mol. The number of nitrogens with one attached hydrogen (secondary N) is 1. The van der Waals surface area contributed by atoms with Gasteiger partial charge in [0.15, 0.2) is 0 Å². The smallest absolute Gasteiger partial charge is 0.137 e. The molecule has 4 heteroatoms. The van der Waals surface area contributed by atoms with Crippen LogP contribution < -0.4 is 10.1 Å². The van der Waals surface area contributed by atoms with Crippen LogP contribution in [-0.2, 0) is 0 Å². The minimum atomic E-state index is 0.193. The van der Waals surface area contributed by atoms with Gasteiger partial charge in [0, 0.05) is 4.88 Å². The highest BCUT2D eigenvalue weighted by Gasteiger charge is 2.18. The average molecular weight is 310 g/mol. The standard InChI is InChI=1S/C16H20ClNOS/c1-4-8-18-15(16-11(2)7-9-20-16)12-5-6-14(19-3)13(17)10-12/h5-7,9-10,15,18H,4,8H2,1-3H3. The first-order valence-corrected chi connectivity index (χ1v) is 8.04. The van der Waals surface area contributed by atoms with Crippen molar-refractivity contribution in [2.75, 3.05) is 13.7 Å². The summed E-state index contributed by atoms with van der Waals surface area (Å²) in [7, 11) is 1.64. The van der Waals surface area contributed by atoms with Gasteiger partial charge < -0.3 is 10.1 Å². The van der Waals surface area contributed by atoms with E-state index in [-0.39, 0.29) is 6.04 Å². The number of aryl methyl sites for hydroxylation is 1. The third kappa shape index (κ3) is 3.35. The fraction of sp³-hybridized carbons (Fsp3) is 0.375. The zero-order chi connectivity index (χ0) is 14.5. The van der Waals surface area contributed by atoms with Crippen LogP contribution in [0.3, 0.4) is 0 Å². The Kier molecular flexibility index (Phi) is 5.46. The fourth-order valence-corrected chi connectivity index (χ4v) is 3.49. The van der Waals surface area contributed by atoms with Crippen molar-refractivity contribution in [3.8, 4) is 5.75 Å². The number of methoxy groups -OCH3 is 1. The Hall–Kier alpha value is -1.03. The summed E-state index contributed by atoms with van der Waals surface area (Å²) in [4.78, 5) is 1.35. The molecule has 1 heterocycles. The molecule has 0 aliphatic heterocycles. The Balaban J connectivity index is 2.36. The summed E-state index contributed by atoms with van der Waals surface area (Å²) in [5.74, 6) is 0.715. The predicted octanol–water partition coefficient (Wildman–Crippen LogP) is 4.81. The topological polar surface area (TPSA) is 21.3 Å². The maximum atomic E-state index is 6.26. The van der Waals surface area contributed by atoms with Crippen LogP contribution in [0.5, 0.6) is 5.75 Å². The van der Waals surface area contributed by atoms with Crippen molar-refractivity contribution in [1.82, 2.24) is 5.32 Å². The molecule has 2 aromatic rings. The van der Waals surface area contributed by atoms with Gasteiger partial charge in [-0.05, 0) is 54.6 Å². The number of thiophene rings is 1. The van der Waals surface area contributed by atoms with Crippen LogP contribution in [0.1, 0.15) is 35.4 Å². The molecule has 20 heavy (non-hydrogen) atoms. The minimum absolute atomic E-state index is 0.193. The number of hydrogen-bond donors (Lipinski definition) is 1. The van der Waals surface area contributed by atoms with E-state index in [0.29, 0.717) is 10.8 Å². The molecule has 2 nitrogen and oxygen atoms in total. The highest BCUT2D eigenvalue weighted by atomic mass is 35.5. The van der Waals surface area contributed by atoms with Crippen molar-refractivity contribution < 1.29 is 4.74 Å². The molecule has 1 aromatic heterocycles. The third-order valence-electron chi connectivity index (χ3n) is 3.27. The first-order valence-electron chi connectivity index (χ1n) is 6.78. The Morgan fingerprint density at radius 1 is 1.35 bits per heavy atom. The highest BCUT2D eigenvalue weighted by Crippen LogP contribution is 2.33. The van der Waals surface area contributed by atoms with E-state index in [4.69, 9.17) is 16.3 Å². The van der Waals surface area contributed by atoms with Crippen LogP contribution in [0.4, 0.5) is 0 Å². The minimum Gasteiger partial charge on any atom is -0.495 e. The molecule has 0 radical (unpaired) electrons. The molecular formula is C16H20ClNOS. The molecule has 0 saturated carbocycles. The van der Waals surface area contributed by atoms with Crippen LogP contribution in [0.25, 0.3) is 0 Å². The lowest BCUT2D eigenvalue weighted by Crippen LogP contribution is -2.23. The molecule has 0 fully saturated rings. The molecule has 0 bridgehead atoms. The van der Waals surface area contributed by atoms with E-state index in [1.807, 2.05) is 12.1 Å². The molecule has 1 unspecified atom stereocenters. The first kappa shape index (κ1) is 15.4. The van der Waals surface area contributed by atoms with Crippen LogP contribution >= 0.6 is 22.9 Å². The van der Waals surface area contributed by atoms with Gasteiger partial charge in [0.1, 0.15) is 5.75 Å². The van der Waals surface area contributed by atoms with Crippen LogP contribution in [0.2, 0.25) is 5.02 Å². The van der Waals surface area contributed by atoms with Gasteiger partial charge in [-0.25, -0.2) is 0 Å². The van der Waals surface area contributed by atoms with Crippen molar-refractivity contribution in [1.29, 1.82) is 0 Å². The third-order valence-corrected chi connectivity index (χ3v) is 4.65. The average Bonchev–Trinajstić information content (AvgIpc) is 2.86. The molecule has 0 saturated heterocycles. The van der Waals surface area contributed by atoms with E-state index in [0.717, 1.165) is 13.0 Å². The zero-order valence-electron chi connectivity index (χ0n) is 12.1. The monoisotopic (exact) mass is 309 g/mol. The lowest BCUT2D eigenvalue weighted by molar-refractivity contribution is 0.414. The maximum Gasteiger partial charge on any atom is 0.137 e. The van der Waals surface area contributed by atoms with E-state index < -0.39 is 0 Å². The lowest BCUT2D eigenvalue weighted by Gasteiger charge is -2.20. The van der Waals surface area contributed by atoms with Crippen molar-refractivity contribution in [3.05, 3.63) is 50.7 Å². The van der Waals surface area contributed by atoms with Crippen LogP contribution in [-0.4, -0.2) is 13.7 Å². The van der Waals surface area contributed by atoms with Gasteiger partial charge in [-0.15, -0.1) is 11.3 Å². The predicted molar refractivity (Wildman–Crippen MR) is 87.2 cm³/mol. The summed E-state index contributed by atoms with van der Waals surface area (Å²) in [6, 6.07) is 8.36. The second-order valence-corrected chi connectivity index (χ2v) is 6.10. The highest BCUT2D eigenvalue weighted by molar-refractivity contribution is 7.10. The normalized spacial score (nSPS) is 12.4. The lowest BCUT2D eigenvalue weighted by atomic mass is 10.0. The van der Waals surface area contributed by atoms with Crippen molar-refractivity contribution in [2.24, 2.45) is 0 Å². The molecule has 0 amide bonds. The molecule has 2 rings (SSSR count). The summed E-state index contributed by atoms with van der Waals surface area (Å²) >= 11 is 8.04. The Bertz CT molecular complexity index is 567. The number of ether oxygens (including phenoxy) is 1. The second kappa shape index (κ2) is 7.11. The van der Waals surface area contributed by atoms with E-state index in [1.165, 1.54) is 16.0 Å². The summed E-state index contributed by atoms with van der Waals surface area (Å²) < 4.78 is 5.23. The summed E-state index contributed by atoms with van der Waals surface area (Å²) in [6.07, 6.45) is 1.10. The molecule has 0 aliphatic carbocycles.